The van der Waals surface area contributed by atoms with Crippen LogP contribution in [0.15, 0.2) is 0 Å². The van der Waals surface area contributed by atoms with Crippen LogP contribution in [0.1, 0.15) is 178 Å². The van der Waals surface area contributed by atoms with Gasteiger partial charge in [0.25, 0.3) is 46.1 Å². The van der Waals surface area contributed by atoms with E-state index in [1.807, 2.05) is 0 Å². The third kappa shape index (κ3) is 28.5. The molecule has 55 heavy (non-hydrogen) atoms. The van der Waals surface area contributed by atoms with Crippen LogP contribution >= 0.6 is 0 Å². The molecule has 0 rings (SSSR count). The van der Waals surface area contributed by atoms with Crippen molar-refractivity contribution in [1.29, 1.82) is 0 Å². The fourth-order valence-corrected chi connectivity index (χ4v) is 13.5. The molecule has 0 saturated carbocycles. The molecule has 0 aromatic carbocycles. The number of ether oxygens (including phenoxy) is 9. The molecule has 0 atom stereocenters. The summed E-state index contributed by atoms with van der Waals surface area (Å²) in [5, 5.41) is 0. The topological polar surface area (TPSA) is 111 Å². The highest BCUT2D eigenvalue weighted by molar-refractivity contribution is 6.59. The molecule has 331 valence electrons. The molecular weight excluding hydrogens is 773 g/mol. The summed E-state index contributed by atoms with van der Waals surface area (Å²) in [6.07, 6.45) is 16.9. The Balaban J connectivity index is 6.83. The first-order valence-electron chi connectivity index (χ1n) is 22.3. The van der Waals surface area contributed by atoms with E-state index in [9.17, 15) is 0 Å². The molecule has 0 fully saturated rings. The fourth-order valence-electron chi connectivity index (χ4n) is 4.67. The van der Waals surface area contributed by atoms with E-state index in [0.717, 1.165) is 116 Å². The lowest BCUT2D eigenvalue weighted by molar-refractivity contribution is -0.333. The van der Waals surface area contributed by atoms with Gasteiger partial charge in [-0.15, -0.1) is 0 Å². The lowest BCUT2D eigenvalue weighted by Gasteiger charge is -2.37. The molecule has 0 aromatic heterocycles. The highest BCUT2D eigenvalue weighted by atomic mass is 28.4. The summed E-state index contributed by atoms with van der Waals surface area (Å²) in [4.78, 5) is 0. The first-order chi connectivity index (χ1) is 26.8. The Morgan fingerprint density at radius 3 is 0.545 bits per heavy atom. The number of hydrogen-bond donors (Lipinski definition) is 0. The molecule has 0 N–H and O–H groups in total. The van der Waals surface area contributed by atoms with E-state index in [-0.39, 0.29) is 0 Å². The zero-order valence-corrected chi connectivity index (χ0v) is 42.4. The summed E-state index contributed by atoms with van der Waals surface area (Å²) in [6.45, 7) is 23.9. The minimum Gasteiger partial charge on any atom is -0.411 e. The molecule has 0 spiro atoms. The van der Waals surface area contributed by atoms with Crippen molar-refractivity contribution >= 4 is 38.8 Å². The van der Waals surface area contributed by atoms with E-state index >= 15 is 0 Å². The lowest BCUT2D eigenvalue weighted by Crippen LogP contribution is -2.54. The molecule has 0 aliphatic heterocycles. The van der Waals surface area contributed by atoms with Gasteiger partial charge in [-0.2, -0.15) is 0 Å². The van der Waals surface area contributed by atoms with E-state index in [2.05, 4.69) is 62.3 Å². The number of rotatable bonds is 45. The van der Waals surface area contributed by atoms with Gasteiger partial charge >= 0.3 is 9.53 Å². The maximum Gasteiger partial charge on any atom is 0.543 e. The van der Waals surface area contributed by atoms with Crippen LogP contribution < -0.4 is 0 Å². The van der Waals surface area contributed by atoms with Crippen LogP contribution in [0.25, 0.3) is 0 Å². The normalized spacial score (nSPS) is 13.4. The Bertz CT molecular complexity index is 629. The molecule has 0 aliphatic carbocycles. The summed E-state index contributed by atoms with van der Waals surface area (Å²) in [6, 6.07) is 0. The second-order valence-electron chi connectivity index (χ2n) is 14.0. The van der Waals surface area contributed by atoms with Gasteiger partial charge in [-0.1, -0.05) is 120 Å². The molecule has 0 aliphatic rings. The molecule has 0 bridgehead atoms. The summed E-state index contributed by atoms with van der Waals surface area (Å²) >= 11 is 0. The molecule has 0 saturated heterocycles. The second-order valence-corrected chi connectivity index (χ2v) is 21.4. The smallest absolute Gasteiger partial charge is 0.411 e. The average molecular weight is 860 g/mol. The highest BCUT2D eigenvalue weighted by Gasteiger charge is 2.43. The molecule has 0 amide bonds. The van der Waals surface area contributed by atoms with Gasteiger partial charge in [0.1, 0.15) is 0 Å². The van der Waals surface area contributed by atoms with Crippen molar-refractivity contribution in [3.63, 3.8) is 0 Å². The van der Waals surface area contributed by atoms with Gasteiger partial charge in [0.05, 0.1) is 59.5 Å². The van der Waals surface area contributed by atoms with Crippen LogP contribution in [0.5, 0.6) is 0 Å². The minimum atomic E-state index is -2.45. The molecule has 1 radical (unpaired) electrons. The Labute approximate surface area is 346 Å². The molecular formula is C39H87O12Si4. The van der Waals surface area contributed by atoms with Gasteiger partial charge in [-0.25, -0.2) is 0 Å². The molecule has 0 unspecified atom stereocenters. The standard InChI is InChI=1S/C39H87O12Si4/c1-10-19-28-40-37(41-29-20-11-2,42-30-21-12-3)52-49-55(50-53-38(43-31-22-13-4,44-32-23-14-5)45-33-24-15-6)51-54-39(46-34-25-16-7,47-35-26-17-8)48-36-27-18-9/h10-36,52-54H2,1-9H3. The Morgan fingerprint density at radius 2 is 0.418 bits per heavy atom. The maximum atomic E-state index is 6.80. The van der Waals surface area contributed by atoms with Crippen molar-refractivity contribution in [2.75, 3.05) is 59.5 Å². The van der Waals surface area contributed by atoms with Crippen molar-refractivity contribution in [3.8, 4) is 0 Å². The minimum absolute atomic E-state index is 0.508. The predicted octanol–water partition coefficient (Wildman–Crippen LogP) is 7.46. The van der Waals surface area contributed by atoms with Crippen LogP contribution in [-0.2, 0) is 55.0 Å². The van der Waals surface area contributed by atoms with Gasteiger partial charge in [0, 0.05) is 0 Å². The van der Waals surface area contributed by atoms with E-state index < -0.39 is 55.6 Å². The van der Waals surface area contributed by atoms with Crippen molar-refractivity contribution < 1.29 is 55.0 Å². The van der Waals surface area contributed by atoms with Crippen LogP contribution in [0.3, 0.4) is 0 Å². The largest absolute Gasteiger partial charge is 0.543 e. The summed E-state index contributed by atoms with van der Waals surface area (Å²) < 4.78 is 78.6. The van der Waals surface area contributed by atoms with Gasteiger partial charge in [0.2, 0.25) is 0 Å². The van der Waals surface area contributed by atoms with E-state index in [1.54, 1.807) is 0 Å². The van der Waals surface area contributed by atoms with Crippen molar-refractivity contribution in [2.45, 2.75) is 195 Å². The summed E-state index contributed by atoms with van der Waals surface area (Å²) in [7, 11) is -7.64. The summed E-state index contributed by atoms with van der Waals surface area (Å²) in [5.74, 6) is 0. The maximum absolute atomic E-state index is 6.80. The Kier molecular flexibility index (Phi) is 38.9. The summed E-state index contributed by atoms with van der Waals surface area (Å²) in [5.41, 5.74) is -3.79. The van der Waals surface area contributed by atoms with E-state index in [4.69, 9.17) is 55.0 Å². The van der Waals surface area contributed by atoms with E-state index in [1.165, 1.54) is 0 Å². The zero-order valence-electron chi connectivity index (χ0n) is 37.1. The Morgan fingerprint density at radius 1 is 0.273 bits per heavy atom. The first-order valence-corrected chi connectivity index (χ1v) is 27.4. The SMILES string of the molecule is CCCCOC(OCCCC)(OCCCC)[SiH2]O[Si](O[SiH2]C(OCCCC)(OCCCC)OCCCC)O[SiH2]C(OCCCC)(OCCCC)OCCCC. The average Bonchev–Trinajstić information content (AvgIpc) is 3.18. The van der Waals surface area contributed by atoms with Gasteiger partial charge in [0.15, 0.2) is 0 Å². The second kappa shape index (κ2) is 38.6. The van der Waals surface area contributed by atoms with Crippen LogP contribution in [0, 0.1) is 0 Å². The zero-order chi connectivity index (χ0) is 40.8. The highest BCUT2D eigenvalue weighted by Crippen LogP contribution is 2.23. The van der Waals surface area contributed by atoms with Gasteiger partial charge in [-0.05, 0) is 57.8 Å². The Hall–Kier alpha value is 0.388. The van der Waals surface area contributed by atoms with Crippen LogP contribution in [0.4, 0.5) is 0 Å². The third-order valence-electron chi connectivity index (χ3n) is 8.48. The number of unbranched alkanes of at least 4 members (excludes halogenated alkanes) is 9. The predicted molar refractivity (Wildman–Crippen MR) is 231 cm³/mol. The van der Waals surface area contributed by atoms with E-state index in [0.29, 0.717) is 59.5 Å². The molecule has 0 heterocycles. The molecule has 0 aromatic rings. The molecule has 16 heteroatoms. The molecule has 12 nitrogen and oxygen atoms in total. The van der Waals surface area contributed by atoms with Crippen molar-refractivity contribution in [2.24, 2.45) is 0 Å². The van der Waals surface area contributed by atoms with Crippen molar-refractivity contribution in [3.05, 3.63) is 0 Å². The lowest BCUT2D eigenvalue weighted by atomic mass is 10.4. The van der Waals surface area contributed by atoms with Crippen LogP contribution in [0.2, 0.25) is 0 Å². The van der Waals surface area contributed by atoms with Crippen molar-refractivity contribution in [1.82, 2.24) is 0 Å². The van der Waals surface area contributed by atoms with Gasteiger partial charge in [-0.3, -0.25) is 0 Å². The number of hydrogen-bond acceptors (Lipinski definition) is 12. The monoisotopic (exact) mass is 860 g/mol. The van der Waals surface area contributed by atoms with Crippen LogP contribution in [-0.4, -0.2) is 115 Å². The van der Waals surface area contributed by atoms with Gasteiger partial charge < -0.3 is 55.0 Å². The fraction of sp³-hybridized carbons (Fsp3) is 1.00. The quantitative estimate of drug-likeness (QED) is 0.0345. The third-order valence-corrected chi connectivity index (χ3v) is 15.9. The first kappa shape index (κ1) is 55.4.